The molecule has 3 atom stereocenters. The van der Waals surface area contributed by atoms with E-state index in [0.29, 0.717) is 4.57 Å². The maximum Gasteiger partial charge on any atom is 0.336 e. The van der Waals surface area contributed by atoms with Gasteiger partial charge in [0, 0.05) is 90.8 Å². The Bertz CT molecular complexity index is 3940. The molecule has 0 saturated heterocycles. The molecule has 36 heteroatoms. The fourth-order valence-electron chi connectivity index (χ4n) is 6.69. The van der Waals surface area contributed by atoms with Crippen LogP contribution in [0.25, 0.3) is 33.5 Å². The minimum absolute atomic E-state index is 0.0386. The van der Waals surface area contributed by atoms with Gasteiger partial charge in [-0.15, -0.1) is 0 Å². The summed E-state index contributed by atoms with van der Waals surface area (Å²) >= 11 is 0. The zero-order valence-corrected chi connectivity index (χ0v) is 44.4. The van der Waals surface area contributed by atoms with Crippen molar-refractivity contribution >= 4 is 86.7 Å². The van der Waals surface area contributed by atoms with Crippen LogP contribution in [0.4, 0.5) is 0 Å². The van der Waals surface area contributed by atoms with Gasteiger partial charge in [0.05, 0.1) is 38.2 Å². The number of carbonyl (C=O) groups excluding carboxylic acids is 3. The number of hydrogen-bond donors (Lipinski definition) is 9. The fourth-order valence-corrected chi connectivity index (χ4v) is 6.69. The second-order valence-electron chi connectivity index (χ2n) is 17.5. The van der Waals surface area contributed by atoms with Crippen molar-refractivity contribution in [3.63, 3.8) is 0 Å². The standard InChI is InChI=1S/3C8H10N4O2.3C7H10O6/c3*1-10-4-9-6-5(10)7(13)12(3)8(14)11(6)2;3*1-4(8)2-7(13,6(11)12)3-5(9)10/h3*4H,1-3H3;3*13H,2-3H2,1H3,(H,9,10)(H,11,12)/i4D;3D3;2D3;;;. The van der Waals surface area contributed by atoms with Crippen LogP contribution in [0.1, 0.15) is 68.9 Å². The molecule has 0 aliphatic carbocycles. The predicted molar refractivity (Wildman–Crippen MR) is 274 cm³/mol. The van der Waals surface area contributed by atoms with E-state index in [2.05, 4.69) is 15.0 Å². The smallest absolute Gasteiger partial charge is 0.336 e. The van der Waals surface area contributed by atoms with Gasteiger partial charge in [-0.05, 0) is 20.8 Å². The molecule has 0 saturated carbocycles. The molecule has 6 aromatic rings. The lowest BCUT2D eigenvalue weighted by atomic mass is 9.94. The summed E-state index contributed by atoms with van der Waals surface area (Å²) in [6.07, 6.45) is -2.43. The first-order chi connectivity index (χ1) is 39.8. The number of carboxylic acid groups (broad SMARTS) is 6. The highest BCUT2D eigenvalue weighted by molar-refractivity contribution is 5.91. The summed E-state index contributed by atoms with van der Waals surface area (Å²) in [6, 6.07) is 0. The van der Waals surface area contributed by atoms with Crippen LogP contribution in [-0.4, -0.2) is 172 Å². The highest BCUT2D eigenvalue weighted by atomic mass is 16.4. The van der Waals surface area contributed by atoms with Crippen molar-refractivity contribution < 1.29 is 98.7 Å². The molecule has 0 radical (unpaired) electrons. The van der Waals surface area contributed by atoms with E-state index in [9.17, 15) is 87.2 Å². The number of carboxylic acids is 6. The molecular weight excluding hydrogens is 1090 g/mol. The summed E-state index contributed by atoms with van der Waals surface area (Å²) in [4.78, 5) is 176. The second kappa shape index (κ2) is 27.7. The lowest BCUT2D eigenvalue weighted by Crippen LogP contribution is -2.42. The van der Waals surface area contributed by atoms with Gasteiger partial charge in [-0.2, -0.15) is 0 Å². The molecule has 0 bridgehead atoms. The van der Waals surface area contributed by atoms with Crippen LogP contribution in [0.3, 0.4) is 0 Å². The highest BCUT2D eigenvalue weighted by Gasteiger charge is 2.41. The van der Waals surface area contributed by atoms with Crippen molar-refractivity contribution in [3.8, 4) is 0 Å². The van der Waals surface area contributed by atoms with E-state index in [1.54, 1.807) is 21.1 Å². The molecule has 36 nitrogen and oxygen atoms in total. The number of fused-ring (bicyclic) bond motifs is 3. The fraction of sp³-hybridized carbons (Fsp3) is 0.467. The van der Waals surface area contributed by atoms with Gasteiger partial charge in [-0.1, -0.05) is 0 Å². The van der Waals surface area contributed by atoms with E-state index >= 15 is 0 Å². The van der Waals surface area contributed by atoms with Crippen LogP contribution >= 0.6 is 0 Å². The Morgan fingerprint density at radius 1 is 0.420 bits per heavy atom. The van der Waals surface area contributed by atoms with E-state index in [1.807, 2.05) is 0 Å². The van der Waals surface area contributed by atoms with Crippen LogP contribution in [0.2, 0.25) is 0 Å². The van der Waals surface area contributed by atoms with Crippen LogP contribution in [0, 0.1) is 0 Å². The maximum atomic E-state index is 12.0. The summed E-state index contributed by atoms with van der Waals surface area (Å²) < 4.78 is 60.0. The Morgan fingerprint density at radius 3 is 0.963 bits per heavy atom. The molecule has 0 aliphatic rings. The van der Waals surface area contributed by atoms with Crippen molar-refractivity contribution in [1.29, 1.82) is 0 Å². The molecule has 6 aromatic heterocycles. The molecule has 0 aliphatic heterocycles. The van der Waals surface area contributed by atoms with Crippen molar-refractivity contribution in [2.24, 2.45) is 63.3 Å². The third-order valence-electron chi connectivity index (χ3n) is 10.6. The number of imidazole rings is 3. The van der Waals surface area contributed by atoms with Gasteiger partial charge in [0.25, 0.3) is 16.7 Å². The summed E-state index contributed by atoms with van der Waals surface area (Å²) in [6.45, 7) is -2.24. The van der Waals surface area contributed by atoms with Crippen molar-refractivity contribution in [1.82, 2.24) is 56.1 Å². The molecule has 0 fully saturated rings. The van der Waals surface area contributed by atoms with Gasteiger partial charge in [0.15, 0.2) is 50.3 Å². The summed E-state index contributed by atoms with van der Waals surface area (Å²) in [5.74, 6) is -11.2. The second-order valence-corrected chi connectivity index (χ2v) is 17.5. The van der Waals surface area contributed by atoms with E-state index in [4.69, 9.17) is 40.2 Å². The number of ketones is 3. The lowest BCUT2D eigenvalue weighted by Gasteiger charge is -2.19. The Balaban J connectivity index is 0.000000531. The summed E-state index contributed by atoms with van der Waals surface area (Å²) in [7, 11) is 10.2. The number of aliphatic hydroxyl groups is 3. The van der Waals surface area contributed by atoms with Gasteiger partial charge in [-0.3, -0.25) is 70.6 Å². The van der Waals surface area contributed by atoms with Crippen LogP contribution in [0.5, 0.6) is 0 Å². The molecule has 0 aromatic carbocycles. The van der Waals surface area contributed by atoms with E-state index < -0.39 is 156 Å². The number of hydrogen-bond acceptors (Lipinski definition) is 21. The zero-order chi connectivity index (χ0) is 69.2. The van der Waals surface area contributed by atoms with Crippen LogP contribution < -0.4 is 33.7 Å². The largest absolute Gasteiger partial charge is 0.481 e. The number of aromatic nitrogens is 12. The molecule has 3 unspecified atom stereocenters. The molecular formula is C45H60N12O24. The van der Waals surface area contributed by atoms with E-state index in [-0.39, 0.29) is 44.4 Å². The first-order valence-electron chi connectivity index (χ1n) is 25.6. The van der Waals surface area contributed by atoms with E-state index in [0.717, 1.165) is 34.5 Å². The molecule has 6 heterocycles. The normalized spacial score (nSPS) is 14.4. The van der Waals surface area contributed by atoms with Crippen molar-refractivity contribution in [3.05, 3.63) is 81.5 Å². The number of aliphatic carboxylic acids is 6. The first kappa shape index (κ1) is 57.3. The molecule has 0 spiro atoms. The van der Waals surface area contributed by atoms with Crippen LogP contribution in [0.15, 0.2) is 47.7 Å². The topological polar surface area (TPSA) is 521 Å². The minimum atomic E-state index is -2.80. The number of aryl methyl sites for hydroxylation is 6. The average Bonchev–Trinajstić information content (AvgIpc) is 3.22. The monoisotopic (exact) mass is 1160 g/mol. The average molecular weight is 1160 g/mol. The van der Waals surface area contributed by atoms with Crippen molar-refractivity contribution in [2.45, 2.75) is 76.1 Å². The van der Waals surface area contributed by atoms with Gasteiger partial charge in [0.1, 0.15) is 18.7 Å². The predicted octanol–water partition coefficient (Wildman–Crippen LogP) is -5.32. The van der Waals surface area contributed by atoms with Gasteiger partial charge in [-0.25, -0.2) is 43.7 Å². The minimum Gasteiger partial charge on any atom is -0.481 e. The Hall–Kier alpha value is -9.84. The maximum absolute atomic E-state index is 12.0. The van der Waals surface area contributed by atoms with Crippen molar-refractivity contribution in [2.75, 3.05) is 0 Å². The van der Waals surface area contributed by atoms with Crippen LogP contribution in [-0.2, 0) is 106 Å². The molecule has 6 rings (SSSR count). The number of Topliss-reactive ketones (excluding diaryl/α,β-unsaturated/α-hetero) is 3. The first-order valence-corrected chi connectivity index (χ1v) is 22.1. The summed E-state index contributed by atoms with van der Waals surface area (Å²) in [5, 5.41) is 77.9. The number of carbonyl (C=O) groups is 9. The Labute approximate surface area is 461 Å². The lowest BCUT2D eigenvalue weighted by molar-refractivity contribution is -0.167. The molecule has 0 amide bonds. The third kappa shape index (κ3) is 17.3. The molecule has 444 valence electrons. The van der Waals surface area contributed by atoms with Gasteiger partial charge >= 0.3 is 52.9 Å². The Kier molecular flexibility index (Phi) is 19.6. The third-order valence-corrected chi connectivity index (χ3v) is 10.6. The highest BCUT2D eigenvalue weighted by Crippen LogP contribution is 2.18. The molecule has 9 N–H and O–H groups in total. The number of rotatable bonds is 15. The molecule has 81 heavy (non-hydrogen) atoms. The Morgan fingerprint density at radius 2 is 0.679 bits per heavy atom. The van der Waals surface area contributed by atoms with Gasteiger partial charge < -0.3 is 59.7 Å². The quantitative estimate of drug-likeness (QED) is 0.0464. The van der Waals surface area contributed by atoms with E-state index in [1.165, 1.54) is 59.1 Å². The van der Waals surface area contributed by atoms with Gasteiger partial charge in [0.2, 0.25) is 0 Å². The SMILES string of the molecule is CC(=O)CC(O)(CC(=O)O)C(=O)O.CC(=O)CC(O)(CC(=O)O)C(=O)O.CC(=O)CC(O)(CC(=O)O)C(=O)O.[2H]C([2H])([2H])n1c(=O)c2c(ncn2C)n(C)c1=O.[2H]C([2H])([2H])n1c(=O)n(C)c(=O)c2c1ncn2C.[2H]c1nc2c(c(=O)n(C)c(=O)n2C)n1C. The number of nitrogens with zero attached hydrogens (tertiary/aromatic N) is 12. The zero-order valence-electron chi connectivity index (χ0n) is 51.4. The summed E-state index contributed by atoms with van der Waals surface area (Å²) in [5.41, 5.74) is -10.8.